The summed E-state index contributed by atoms with van der Waals surface area (Å²) in [5, 5.41) is 7.96. The van der Waals surface area contributed by atoms with Gasteiger partial charge in [-0.2, -0.15) is 5.10 Å². The summed E-state index contributed by atoms with van der Waals surface area (Å²) >= 11 is 6.20. The minimum Gasteiger partial charge on any atom is -0.493 e. The number of amides is 2. The third-order valence-electron chi connectivity index (χ3n) is 5.22. The summed E-state index contributed by atoms with van der Waals surface area (Å²) in [5.41, 5.74) is 1.65. The number of carbonyl (C=O) groups is 1. The maximum Gasteiger partial charge on any atom is 0.321 e. The van der Waals surface area contributed by atoms with Crippen LogP contribution in [0.3, 0.4) is 0 Å². The monoisotopic (exact) mass is 433 g/mol. The number of hydrogen-bond acceptors (Lipinski definition) is 4. The Bertz CT molecular complexity index is 863. The standard InChI is InChI=1S/C22H32ClN5O2/c1-5-7-9-30-20-12-17(23)11-18(13-20)24-22(29)27-14-19(15-27)28(8-6-2)21-10-16(3)25-26(21)4/h10-13,19H,5-9,14-15H2,1-4H3,(H,24,29). The van der Waals surface area contributed by atoms with Crippen LogP contribution in [-0.4, -0.2) is 53.0 Å². The van der Waals surface area contributed by atoms with Gasteiger partial charge in [-0.3, -0.25) is 4.68 Å². The highest BCUT2D eigenvalue weighted by molar-refractivity contribution is 6.31. The van der Waals surface area contributed by atoms with Crippen LogP contribution >= 0.6 is 11.6 Å². The fraction of sp³-hybridized carbons (Fsp3) is 0.545. The maximum absolute atomic E-state index is 12.7. The summed E-state index contributed by atoms with van der Waals surface area (Å²) < 4.78 is 7.64. The first-order chi connectivity index (χ1) is 14.4. The molecule has 164 valence electrons. The molecule has 1 saturated heterocycles. The predicted octanol–water partition coefficient (Wildman–Crippen LogP) is 4.69. The first-order valence-corrected chi connectivity index (χ1v) is 11.1. The number of nitrogens with one attached hydrogen (secondary N) is 1. The molecule has 7 nitrogen and oxygen atoms in total. The van der Waals surface area contributed by atoms with Gasteiger partial charge < -0.3 is 19.9 Å². The highest BCUT2D eigenvalue weighted by atomic mass is 35.5. The number of likely N-dealkylation sites (tertiary alicyclic amines) is 1. The molecule has 0 aliphatic carbocycles. The van der Waals surface area contributed by atoms with Crippen LogP contribution in [0, 0.1) is 6.92 Å². The van der Waals surface area contributed by atoms with E-state index in [0.29, 0.717) is 36.2 Å². The number of hydrogen-bond donors (Lipinski definition) is 1. The van der Waals surface area contributed by atoms with Crippen LogP contribution in [0.5, 0.6) is 5.75 Å². The van der Waals surface area contributed by atoms with Gasteiger partial charge in [-0.25, -0.2) is 4.79 Å². The van der Waals surface area contributed by atoms with Gasteiger partial charge in [0, 0.05) is 49.5 Å². The van der Waals surface area contributed by atoms with Crippen LogP contribution in [0.15, 0.2) is 24.3 Å². The molecule has 2 heterocycles. The lowest BCUT2D eigenvalue weighted by Gasteiger charge is -2.46. The maximum atomic E-state index is 12.7. The fourth-order valence-corrected chi connectivity index (χ4v) is 3.89. The smallest absolute Gasteiger partial charge is 0.321 e. The molecule has 0 bridgehead atoms. The number of urea groups is 1. The number of unbranched alkanes of at least 4 members (excludes halogenated alkanes) is 1. The minimum absolute atomic E-state index is 0.120. The van der Waals surface area contributed by atoms with Crippen molar-refractivity contribution in [2.45, 2.75) is 46.1 Å². The van der Waals surface area contributed by atoms with E-state index in [1.54, 1.807) is 12.1 Å². The van der Waals surface area contributed by atoms with Crippen LogP contribution in [0.1, 0.15) is 38.8 Å². The van der Waals surface area contributed by atoms with Gasteiger partial charge >= 0.3 is 6.03 Å². The van der Waals surface area contributed by atoms with Gasteiger partial charge in [0.15, 0.2) is 0 Å². The molecule has 0 spiro atoms. The van der Waals surface area contributed by atoms with Crippen LogP contribution in [0.4, 0.5) is 16.3 Å². The van der Waals surface area contributed by atoms with Crippen LogP contribution in [-0.2, 0) is 7.05 Å². The zero-order valence-electron chi connectivity index (χ0n) is 18.3. The molecule has 2 amide bonds. The molecule has 0 unspecified atom stereocenters. The van der Waals surface area contributed by atoms with Crippen molar-refractivity contribution in [3.05, 3.63) is 35.0 Å². The first kappa shape index (κ1) is 22.3. The number of anilines is 2. The Balaban J connectivity index is 1.58. The molecule has 1 N–H and O–H groups in total. The molecular formula is C22H32ClN5O2. The number of aromatic nitrogens is 2. The summed E-state index contributed by atoms with van der Waals surface area (Å²) in [4.78, 5) is 16.9. The average Bonchev–Trinajstić information content (AvgIpc) is 2.97. The van der Waals surface area contributed by atoms with E-state index in [9.17, 15) is 4.79 Å². The molecule has 3 rings (SSSR count). The van der Waals surface area contributed by atoms with E-state index in [1.165, 1.54) is 0 Å². The Labute approximate surface area is 183 Å². The summed E-state index contributed by atoms with van der Waals surface area (Å²) in [6, 6.07) is 7.60. The van der Waals surface area contributed by atoms with Crippen molar-refractivity contribution in [1.29, 1.82) is 0 Å². The lowest BCUT2D eigenvalue weighted by atomic mass is 10.1. The predicted molar refractivity (Wildman–Crippen MR) is 122 cm³/mol. The molecule has 1 aliphatic heterocycles. The van der Waals surface area contributed by atoms with Gasteiger partial charge in [-0.05, 0) is 31.9 Å². The van der Waals surface area contributed by atoms with Crippen LogP contribution in [0.2, 0.25) is 5.02 Å². The highest BCUT2D eigenvalue weighted by Crippen LogP contribution is 2.27. The average molecular weight is 434 g/mol. The molecule has 1 aliphatic rings. The topological polar surface area (TPSA) is 62.6 Å². The van der Waals surface area contributed by atoms with Gasteiger partial charge in [0.25, 0.3) is 0 Å². The van der Waals surface area contributed by atoms with Crippen molar-refractivity contribution >= 4 is 29.1 Å². The van der Waals surface area contributed by atoms with E-state index < -0.39 is 0 Å². The molecule has 30 heavy (non-hydrogen) atoms. The minimum atomic E-state index is -0.120. The molecule has 0 radical (unpaired) electrons. The van der Waals surface area contributed by atoms with Gasteiger partial charge in [-0.1, -0.05) is 31.9 Å². The van der Waals surface area contributed by atoms with E-state index in [4.69, 9.17) is 16.3 Å². The molecule has 0 atom stereocenters. The van der Waals surface area contributed by atoms with E-state index in [1.807, 2.05) is 29.6 Å². The Morgan fingerprint density at radius 2 is 2.03 bits per heavy atom. The molecule has 0 saturated carbocycles. The lowest BCUT2D eigenvalue weighted by molar-refractivity contribution is 0.160. The van der Waals surface area contributed by atoms with Crippen LogP contribution < -0.4 is 15.0 Å². The SMILES string of the molecule is CCCCOc1cc(Cl)cc(NC(=O)N2CC(N(CCC)c3cc(C)nn3C)C2)c1. The van der Waals surface area contributed by atoms with Gasteiger partial charge in [0.1, 0.15) is 11.6 Å². The third kappa shape index (κ3) is 5.39. The summed E-state index contributed by atoms with van der Waals surface area (Å²) in [7, 11) is 1.97. The molecule has 1 aromatic heterocycles. The van der Waals surface area contributed by atoms with Crippen molar-refractivity contribution in [3.8, 4) is 5.75 Å². The van der Waals surface area contributed by atoms with E-state index in [0.717, 1.165) is 37.3 Å². The lowest BCUT2D eigenvalue weighted by Crippen LogP contribution is -2.62. The Morgan fingerprint density at radius 1 is 1.27 bits per heavy atom. The Morgan fingerprint density at radius 3 is 2.67 bits per heavy atom. The van der Waals surface area contributed by atoms with Crippen LogP contribution in [0.25, 0.3) is 0 Å². The van der Waals surface area contributed by atoms with Crippen molar-refractivity contribution in [1.82, 2.24) is 14.7 Å². The zero-order chi connectivity index (χ0) is 21.7. The molecule has 1 fully saturated rings. The quantitative estimate of drug-likeness (QED) is 0.582. The van der Waals surface area contributed by atoms with Crippen molar-refractivity contribution in [3.63, 3.8) is 0 Å². The first-order valence-electron chi connectivity index (χ1n) is 10.7. The number of ether oxygens (including phenoxy) is 1. The van der Waals surface area contributed by atoms with Gasteiger partial charge in [-0.15, -0.1) is 0 Å². The van der Waals surface area contributed by atoms with Crippen molar-refractivity contribution in [2.75, 3.05) is 36.5 Å². The molecular weight excluding hydrogens is 402 g/mol. The normalized spacial score (nSPS) is 13.8. The third-order valence-corrected chi connectivity index (χ3v) is 5.43. The molecule has 2 aromatic rings. The zero-order valence-corrected chi connectivity index (χ0v) is 19.1. The number of aryl methyl sites for hydroxylation is 2. The van der Waals surface area contributed by atoms with E-state index in [-0.39, 0.29) is 12.1 Å². The Kier molecular flexibility index (Phi) is 7.48. The molecule has 1 aromatic carbocycles. The summed E-state index contributed by atoms with van der Waals surface area (Å²) in [5.74, 6) is 1.77. The number of rotatable bonds is 9. The highest BCUT2D eigenvalue weighted by Gasteiger charge is 2.35. The van der Waals surface area contributed by atoms with Crippen molar-refractivity contribution in [2.24, 2.45) is 7.05 Å². The van der Waals surface area contributed by atoms with Crippen molar-refractivity contribution < 1.29 is 9.53 Å². The fourth-order valence-electron chi connectivity index (χ4n) is 3.66. The summed E-state index contributed by atoms with van der Waals surface area (Å²) in [6.07, 6.45) is 3.08. The van der Waals surface area contributed by atoms with Gasteiger partial charge in [0.2, 0.25) is 0 Å². The number of carbonyl (C=O) groups excluding carboxylic acids is 1. The summed E-state index contributed by atoms with van der Waals surface area (Å²) in [6.45, 7) is 9.21. The largest absolute Gasteiger partial charge is 0.493 e. The second-order valence-corrected chi connectivity index (χ2v) is 8.26. The molecule has 8 heteroatoms. The van der Waals surface area contributed by atoms with E-state index >= 15 is 0 Å². The second kappa shape index (κ2) is 10.1. The number of nitrogens with zero attached hydrogens (tertiary/aromatic N) is 4. The van der Waals surface area contributed by atoms with Gasteiger partial charge in [0.05, 0.1) is 18.3 Å². The number of halogens is 1. The van der Waals surface area contributed by atoms with E-state index in [2.05, 4.69) is 35.2 Å². The second-order valence-electron chi connectivity index (χ2n) is 7.83. The number of benzene rings is 1. The Hall–Kier alpha value is -2.41.